The van der Waals surface area contributed by atoms with Gasteiger partial charge in [-0.1, -0.05) is 12.1 Å². The number of amides is 1. The molecule has 2 aromatic heterocycles. The van der Waals surface area contributed by atoms with Crippen LogP contribution >= 0.6 is 0 Å². The highest BCUT2D eigenvalue weighted by Crippen LogP contribution is 2.25. The maximum atomic E-state index is 12.5. The lowest BCUT2D eigenvalue weighted by Gasteiger charge is -2.16. The van der Waals surface area contributed by atoms with E-state index in [0.29, 0.717) is 12.5 Å². The lowest BCUT2D eigenvalue weighted by Crippen LogP contribution is -2.31. The van der Waals surface area contributed by atoms with E-state index in [1.165, 1.54) is 0 Å². The minimum absolute atomic E-state index is 0.144. The Hall–Kier alpha value is -2.63. The number of hydrogen-bond donors (Lipinski definition) is 1. The molecule has 4 rings (SSSR count). The predicted molar refractivity (Wildman–Crippen MR) is 82.3 cm³/mol. The molecule has 0 bridgehead atoms. The second-order valence-corrected chi connectivity index (χ2v) is 5.70. The van der Waals surface area contributed by atoms with Crippen molar-refractivity contribution in [2.24, 2.45) is 0 Å². The Morgan fingerprint density at radius 1 is 1.32 bits per heavy atom. The van der Waals surface area contributed by atoms with Crippen LogP contribution < -0.4 is 0 Å². The molecule has 1 aromatic carbocycles. The van der Waals surface area contributed by atoms with Gasteiger partial charge in [-0.25, -0.2) is 4.98 Å². The first kappa shape index (κ1) is 13.1. The molecule has 1 saturated heterocycles. The second-order valence-electron chi connectivity index (χ2n) is 5.70. The van der Waals surface area contributed by atoms with Crippen molar-refractivity contribution in [1.82, 2.24) is 24.6 Å². The van der Waals surface area contributed by atoms with E-state index < -0.39 is 0 Å². The van der Waals surface area contributed by atoms with Crippen LogP contribution in [-0.2, 0) is 11.3 Å². The summed E-state index contributed by atoms with van der Waals surface area (Å²) in [6.45, 7) is 1.90. The first-order chi connectivity index (χ1) is 10.8. The van der Waals surface area contributed by atoms with Gasteiger partial charge >= 0.3 is 0 Å². The number of benzene rings is 1. The first-order valence-electron chi connectivity index (χ1n) is 7.48. The van der Waals surface area contributed by atoms with Gasteiger partial charge in [-0.05, 0) is 24.6 Å². The minimum atomic E-state index is 0.144. The number of rotatable bonds is 3. The molecule has 1 aliphatic heterocycles. The molecule has 6 heteroatoms. The van der Waals surface area contributed by atoms with E-state index in [2.05, 4.69) is 15.2 Å². The fourth-order valence-corrected chi connectivity index (χ4v) is 3.12. The molecule has 1 aliphatic rings. The van der Waals surface area contributed by atoms with Crippen molar-refractivity contribution < 1.29 is 4.79 Å². The molecule has 3 aromatic rings. The average Bonchev–Trinajstić information content (AvgIpc) is 3.28. The van der Waals surface area contributed by atoms with Gasteiger partial charge in [0.2, 0.25) is 5.91 Å². The van der Waals surface area contributed by atoms with Crippen molar-refractivity contribution in [3.8, 4) is 0 Å². The number of carbonyl (C=O) groups excluding carboxylic acids is 1. The van der Waals surface area contributed by atoms with Crippen LogP contribution in [0, 0.1) is 0 Å². The molecule has 22 heavy (non-hydrogen) atoms. The molecule has 1 atom stereocenters. The lowest BCUT2D eigenvalue weighted by molar-refractivity contribution is -0.130. The zero-order valence-corrected chi connectivity index (χ0v) is 12.1. The zero-order valence-electron chi connectivity index (χ0n) is 12.1. The third-order valence-corrected chi connectivity index (χ3v) is 4.34. The molecular weight excluding hydrogens is 278 g/mol. The molecule has 112 valence electrons. The number of aromatic amines is 1. The quantitative estimate of drug-likeness (QED) is 0.801. The molecule has 0 aliphatic carbocycles. The summed E-state index contributed by atoms with van der Waals surface area (Å²) in [4.78, 5) is 18.8. The average molecular weight is 295 g/mol. The highest BCUT2D eigenvalue weighted by atomic mass is 16.2. The van der Waals surface area contributed by atoms with Gasteiger partial charge in [-0.15, -0.1) is 0 Å². The van der Waals surface area contributed by atoms with Gasteiger partial charge in [0.15, 0.2) is 0 Å². The summed E-state index contributed by atoms with van der Waals surface area (Å²) < 4.78 is 1.92. The van der Waals surface area contributed by atoms with Crippen LogP contribution in [0.1, 0.15) is 18.0 Å². The number of nitrogens with one attached hydrogen (secondary N) is 1. The van der Waals surface area contributed by atoms with Gasteiger partial charge in [0.05, 0.1) is 17.4 Å². The van der Waals surface area contributed by atoms with Crippen molar-refractivity contribution in [2.75, 3.05) is 13.1 Å². The summed E-state index contributed by atoms with van der Waals surface area (Å²) in [5.41, 5.74) is 3.04. The molecule has 1 unspecified atom stereocenters. The van der Waals surface area contributed by atoms with Crippen LogP contribution in [-0.4, -0.2) is 43.6 Å². The Morgan fingerprint density at radius 3 is 3.09 bits per heavy atom. The highest BCUT2D eigenvalue weighted by molar-refractivity contribution is 5.80. The number of imidazole rings is 1. The summed E-state index contributed by atoms with van der Waals surface area (Å²) in [6, 6.07) is 9.86. The smallest absolute Gasteiger partial charge is 0.242 e. The van der Waals surface area contributed by atoms with E-state index >= 15 is 0 Å². The summed E-state index contributed by atoms with van der Waals surface area (Å²) >= 11 is 0. The highest BCUT2D eigenvalue weighted by Gasteiger charge is 2.28. The van der Waals surface area contributed by atoms with E-state index in [9.17, 15) is 4.79 Å². The fraction of sp³-hybridized carbons (Fsp3) is 0.312. The maximum Gasteiger partial charge on any atom is 0.242 e. The van der Waals surface area contributed by atoms with Crippen molar-refractivity contribution in [2.45, 2.75) is 18.9 Å². The summed E-state index contributed by atoms with van der Waals surface area (Å²) in [5, 5.41) is 7.00. The molecule has 3 heterocycles. The van der Waals surface area contributed by atoms with Crippen LogP contribution in [0.25, 0.3) is 11.0 Å². The Kier molecular flexibility index (Phi) is 3.14. The summed E-state index contributed by atoms with van der Waals surface area (Å²) in [7, 11) is 0. The van der Waals surface area contributed by atoms with E-state index in [1.807, 2.05) is 39.8 Å². The van der Waals surface area contributed by atoms with Crippen LogP contribution in [0.5, 0.6) is 0 Å². The van der Waals surface area contributed by atoms with E-state index in [0.717, 1.165) is 36.2 Å². The van der Waals surface area contributed by atoms with Crippen molar-refractivity contribution in [3.63, 3.8) is 0 Å². The van der Waals surface area contributed by atoms with E-state index in [-0.39, 0.29) is 5.91 Å². The number of para-hydroxylation sites is 2. The molecule has 0 saturated carbocycles. The fourth-order valence-electron chi connectivity index (χ4n) is 3.12. The standard InChI is InChI=1S/C16H17N5O/c22-16(10-21-11-17-14-3-1-2-4-15(14)21)20-8-6-12(9-20)13-5-7-18-19-13/h1-5,7,11-12H,6,8-10H2,(H,18,19). The molecule has 6 nitrogen and oxygen atoms in total. The van der Waals surface area contributed by atoms with Gasteiger partial charge in [0, 0.05) is 30.9 Å². The number of likely N-dealkylation sites (tertiary alicyclic amines) is 1. The number of fused-ring (bicyclic) bond motifs is 1. The third-order valence-electron chi connectivity index (χ3n) is 4.34. The van der Waals surface area contributed by atoms with Crippen LogP contribution in [0.4, 0.5) is 0 Å². The number of aromatic nitrogens is 4. The van der Waals surface area contributed by atoms with Gasteiger partial charge in [-0.3, -0.25) is 9.89 Å². The molecule has 0 radical (unpaired) electrons. The van der Waals surface area contributed by atoms with Crippen LogP contribution in [0.3, 0.4) is 0 Å². The number of nitrogens with zero attached hydrogens (tertiary/aromatic N) is 4. The molecule has 1 fully saturated rings. The van der Waals surface area contributed by atoms with Crippen molar-refractivity contribution in [1.29, 1.82) is 0 Å². The Labute approximate surface area is 127 Å². The number of carbonyl (C=O) groups is 1. The van der Waals surface area contributed by atoms with E-state index in [1.54, 1.807) is 12.5 Å². The molecule has 1 amide bonds. The Bertz CT molecular complexity index is 792. The van der Waals surface area contributed by atoms with Crippen molar-refractivity contribution >= 4 is 16.9 Å². The largest absolute Gasteiger partial charge is 0.340 e. The Morgan fingerprint density at radius 2 is 2.23 bits per heavy atom. The predicted octanol–water partition coefficient (Wildman–Crippen LogP) is 1.78. The Balaban J connectivity index is 1.47. The first-order valence-corrected chi connectivity index (χ1v) is 7.48. The normalized spacial score (nSPS) is 18.2. The van der Waals surface area contributed by atoms with Crippen LogP contribution in [0.2, 0.25) is 0 Å². The summed E-state index contributed by atoms with van der Waals surface area (Å²) in [6.07, 6.45) is 4.49. The van der Waals surface area contributed by atoms with Crippen molar-refractivity contribution in [3.05, 3.63) is 48.5 Å². The van der Waals surface area contributed by atoms with Gasteiger partial charge < -0.3 is 9.47 Å². The third kappa shape index (κ3) is 2.26. The molecular formula is C16H17N5O. The summed E-state index contributed by atoms with van der Waals surface area (Å²) in [5.74, 6) is 0.510. The van der Waals surface area contributed by atoms with Gasteiger partial charge in [0.1, 0.15) is 6.54 Å². The monoisotopic (exact) mass is 295 g/mol. The van der Waals surface area contributed by atoms with Gasteiger partial charge in [0.25, 0.3) is 0 Å². The van der Waals surface area contributed by atoms with Gasteiger partial charge in [-0.2, -0.15) is 5.10 Å². The second kappa shape index (κ2) is 5.29. The van der Waals surface area contributed by atoms with E-state index in [4.69, 9.17) is 0 Å². The maximum absolute atomic E-state index is 12.5. The lowest BCUT2D eigenvalue weighted by atomic mass is 10.1. The minimum Gasteiger partial charge on any atom is -0.340 e. The molecule has 1 N–H and O–H groups in total. The zero-order chi connectivity index (χ0) is 14.9. The topological polar surface area (TPSA) is 66.8 Å². The molecule has 0 spiro atoms. The number of hydrogen-bond acceptors (Lipinski definition) is 3. The SMILES string of the molecule is O=C(Cn1cnc2ccccc21)N1CCC(c2ccn[nH]2)C1. The number of H-pyrrole nitrogens is 1. The van der Waals surface area contributed by atoms with Crippen LogP contribution in [0.15, 0.2) is 42.9 Å².